The molecule has 1 saturated carbocycles. The lowest BCUT2D eigenvalue weighted by Gasteiger charge is -2.40. The average Bonchev–Trinajstić information content (AvgIpc) is 2.83. The molecule has 1 aromatic heterocycles. The van der Waals surface area contributed by atoms with Gasteiger partial charge in [-0.25, -0.2) is 4.98 Å². The minimum atomic E-state index is -0.0994. The van der Waals surface area contributed by atoms with E-state index in [1.807, 2.05) is 11.8 Å². The van der Waals surface area contributed by atoms with Crippen molar-refractivity contribution >= 4 is 11.8 Å². The molecule has 4 aliphatic rings. The summed E-state index contributed by atoms with van der Waals surface area (Å²) in [4.78, 5) is 37.9. The van der Waals surface area contributed by atoms with Crippen LogP contribution in [0.5, 0.6) is 0 Å². The Hall–Kier alpha value is -1.98. The van der Waals surface area contributed by atoms with Gasteiger partial charge in [-0.05, 0) is 38.5 Å². The first-order valence-corrected chi connectivity index (χ1v) is 9.00. The number of carbonyl (C=O) groups is 2. The Morgan fingerprint density at radius 1 is 1.17 bits per heavy atom. The SMILES string of the molecule is Cc1cnc(C(=O)N2C[C@@H]3CC[C@H](C2)N(CC2CCC2)C3=O)cn1. The molecule has 0 unspecified atom stereocenters. The van der Waals surface area contributed by atoms with Crippen LogP contribution >= 0.6 is 0 Å². The zero-order chi connectivity index (χ0) is 16.7. The molecular formula is C18H24N4O2. The van der Waals surface area contributed by atoms with Gasteiger partial charge in [-0.3, -0.25) is 14.6 Å². The molecule has 3 saturated heterocycles. The predicted molar refractivity (Wildman–Crippen MR) is 88.2 cm³/mol. The van der Waals surface area contributed by atoms with Crippen molar-refractivity contribution in [3.05, 3.63) is 23.8 Å². The number of nitrogens with zero attached hydrogens (tertiary/aromatic N) is 4. The van der Waals surface area contributed by atoms with Gasteiger partial charge in [0.25, 0.3) is 5.91 Å². The highest BCUT2D eigenvalue weighted by Gasteiger charge is 2.43. The molecule has 6 heteroatoms. The monoisotopic (exact) mass is 328 g/mol. The van der Waals surface area contributed by atoms with Crippen molar-refractivity contribution in [1.29, 1.82) is 0 Å². The molecule has 0 N–H and O–H groups in total. The molecule has 4 fully saturated rings. The number of piperidine rings is 1. The summed E-state index contributed by atoms with van der Waals surface area (Å²) in [6, 6.07) is 0.166. The van der Waals surface area contributed by atoms with E-state index in [0.717, 1.165) is 25.1 Å². The van der Waals surface area contributed by atoms with Crippen LogP contribution in [0.1, 0.15) is 48.3 Å². The molecule has 4 heterocycles. The highest BCUT2D eigenvalue weighted by molar-refractivity contribution is 5.93. The molecule has 24 heavy (non-hydrogen) atoms. The van der Waals surface area contributed by atoms with Gasteiger partial charge in [0.1, 0.15) is 5.69 Å². The topological polar surface area (TPSA) is 66.4 Å². The average molecular weight is 328 g/mol. The lowest BCUT2D eigenvalue weighted by Crippen LogP contribution is -2.50. The van der Waals surface area contributed by atoms with Gasteiger partial charge in [0.2, 0.25) is 5.91 Å². The van der Waals surface area contributed by atoms with Crippen LogP contribution < -0.4 is 0 Å². The molecule has 3 aliphatic heterocycles. The minimum Gasteiger partial charge on any atom is -0.337 e. The summed E-state index contributed by atoms with van der Waals surface area (Å²) in [5.41, 5.74) is 1.17. The van der Waals surface area contributed by atoms with E-state index in [9.17, 15) is 9.59 Å². The van der Waals surface area contributed by atoms with Gasteiger partial charge in [0.05, 0.1) is 17.8 Å². The fourth-order valence-electron chi connectivity index (χ4n) is 4.06. The maximum absolute atomic E-state index is 12.8. The number of fused-ring (bicyclic) bond motifs is 4. The van der Waals surface area contributed by atoms with Crippen molar-refractivity contribution in [3.8, 4) is 0 Å². The number of amides is 2. The third kappa shape index (κ3) is 2.78. The third-order valence-corrected chi connectivity index (χ3v) is 5.76. The Kier molecular flexibility index (Phi) is 3.98. The van der Waals surface area contributed by atoms with Crippen LogP contribution in [-0.4, -0.2) is 57.3 Å². The lowest BCUT2D eigenvalue weighted by molar-refractivity contribution is -0.141. The molecule has 6 nitrogen and oxygen atoms in total. The lowest BCUT2D eigenvalue weighted by atomic mass is 9.83. The predicted octanol–water partition coefficient (Wildman–Crippen LogP) is 1.65. The fourth-order valence-corrected chi connectivity index (χ4v) is 4.06. The third-order valence-electron chi connectivity index (χ3n) is 5.76. The summed E-state index contributed by atoms with van der Waals surface area (Å²) in [6.45, 7) is 3.88. The molecule has 0 radical (unpaired) electrons. The molecular weight excluding hydrogens is 304 g/mol. The van der Waals surface area contributed by atoms with Gasteiger partial charge in [-0.1, -0.05) is 6.42 Å². The zero-order valence-electron chi connectivity index (χ0n) is 14.1. The minimum absolute atomic E-state index is 0.0498. The van der Waals surface area contributed by atoms with Crippen LogP contribution in [0.15, 0.2) is 12.4 Å². The van der Waals surface area contributed by atoms with E-state index < -0.39 is 0 Å². The second-order valence-corrected chi connectivity index (χ2v) is 7.47. The van der Waals surface area contributed by atoms with Gasteiger partial charge < -0.3 is 9.80 Å². The van der Waals surface area contributed by atoms with Gasteiger partial charge in [0.15, 0.2) is 0 Å². The van der Waals surface area contributed by atoms with E-state index >= 15 is 0 Å². The molecule has 1 aliphatic carbocycles. The number of aromatic nitrogens is 2. The van der Waals surface area contributed by atoms with Gasteiger partial charge >= 0.3 is 0 Å². The van der Waals surface area contributed by atoms with E-state index in [1.165, 1.54) is 19.3 Å². The number of hydrogen-bond donors (Lipinski definition) is 0. The second kappa shape index (κ2) is 6.15. The Labute approximate surface area is 142 Å². The molecule has 128 valence electrons. The first-order chi connectivity index (χ1) is 11.6. The van der Waals surface area contributed by atoms with E-state index in [0.29, 0.717) is 24.7 Å². The fraction of sp³-hybridized carbons (Fsp3) is 0.667. The summed E-state index contributed by atoms with van der Waals surface area (Å²) >= 11 is 0. The highest BCUT2D eigenvalue weighted by atomic mass is 16.2. The summed E-state index contributed by atoms with van der Waals surface area (Å²) in [5, 5.41) is 0. The second-order valence-electron chi connectivity index (χ2n) is 7.47. The Morgan fingerprint density at radius 3 is 2.67 bits per heavy atom. The molecule has 0 spiro atoms. The summed E-state index contributed by atoms with van der Waals surface area (Å²) in [6.07, 6.45) is 8.83. The molecule has 2 bridgehead atoms. The van der Waals surface area contributed by atoms with Crippen molar-refractivity contribution in [1.82, 2.24) is 19.8 Å². The van der Waals surface area contributed by atoms with Crippen LogP contribution in [0.2, 0.25) is 0 Å². The van der Waals surface area contributed by atoms with Crippen LogP contribution in [0.4, 0.5) is 0 Å². The van der Waals surface area contributed by atoms with Crippen molar-refractivity contribution in [2.75, 3.05) is 19.6 Å². The van der Waals surface area contributed by atoms with E-state index in [2.05, 4.69) is 14.9 Å². The van der Waals surface area contributed by atoms with Crippen molar-refractivity contribution in [3.63, 3.8) is 0 Å². The maximum atomic E-state index is 12.8. The normalized spacial score (nSPS) is 27.1. The molecule has 2 atom stereocenters. The highest BCUT2D eigenvalue weighted by Crippen LogP contribution is 2.34. The number of aryl methyl sites for hydroxylation is 1. The van der Waals surface area contributed by atoms with Crippen molar-refractivity contribution in [2.45, 2.75) is 45.1 Å². The Morgan fingerprint density at radius 2 is 2.00 bits per heavy atom. The molecule has 0 aromatic carbocycles. The van der Waals surface area contributed by atoms with Gasteiger partial charge in [-0.2, -0.15) is 0 Å². The number of carbonyl (C=O) groups excluding carboxylic acids is 2. The van der Waals surface area contributed by atoms with E-state index in [-0.39, 0.29) is 23.8 Å². The first-order valence-electron chi connectivity index (χ1n) is 9.00. The van der Waals surface area contributed by atoms with Gasteiger partial charge in [-0.15, -0.1) is 0 Å². The van der Waals surface area contributed by atoms with Crippen LogP contribution in [0.3, 0.4) is 0 Å². The van der Waals surface area contributed by atoms with Crippen molar-refractivity contribution < 1.29 is 9.59 Å². The van der Waals surface area contributed by atoms with Crippen LogP contribution in [0.25, 0.3) is 0 Å². The van der Waals surface area contributed by atoms with Gasteiger partial charge in [0, 0.05) is 31.9 Å². The van der Waals surface area contributed by atoms with Crippen LogP contribution in [-0.2, 0) is 4.79 Å². The van der Waals surface area contributed by atoms with Crippen LogP contribution in [0, 0.1) is 18.8 Å². The smallest absolute Gasteiger partial charge is 0.274 e. The summed E-state index contributed by atoms with van der Waals surface area (Å²) in [7, 11) is 0. The van der Waals surface area contributed by atoms with E-state index in [4.69, 9.17) is 0 Å². The first kappa shape index (κ1) is 15.5. The molecule has 2 amide bonds. The Balaban J connectivity index is 1.51. The van der Waals surface area contributed by atoms with Crippen molar-refractivity contribution in [2.24, 2.45) is 11.8 Å². The molecule has 5 rings (SSSR count). The van der Waals surface area contributed by atoms with E-state index in [1.54, 1.807) is 12.4 Å². The molecule has 1 aromatic rings. The Bertz CT molecular complexity index is 641. The number of rotatable bonds is 3. The maximum Gasteiger partial charge on any atom is 0.274 e. The summed E-state index contributed by atoms with van der Waals surface area (Å²) < 4.78 is 0. The standard InChI is InChI=1S/C18H24N4O2/c1-12-7-20-16(8-19-12)18(24)21-10-14-5-6-15(11-21)22(17(14)23)9-13-3-2-4-13/h7-8,13-15H,2-6,9-11H2,1H3/t14-,15+/m0/s1. The zero-order valence-corrected chi connectivity index (χ0v) is 14.1. The number of hydrogen-bond acceptors (Lipinski definition) is 4. The largest absolute Gasteiger partial charge is 0.337 e. The quantitative estimate of drug-likeness (QED) is 0.846. The summed E-state index contributed by atoms with van der Waals surface area (Å²) in [5.74, 6) is 0.771.